The van der Waals surface area contributed by atoms with Crippen molar-refractivity contribution in [3.05, 3.63) is 0 Å². The molecule has 2 N–H and O–H groups in total. The quantitative estimate of drug-likeness (QED) is 0.719. The van der Waals surface area contributed by atoms with Crippen molar-refractivity contribution in [2.75, 3.05) is 32.7 Å². The summed E-state index contributed by atoms with van der Waals surface area (Å²) in [4.78, 5) is 14.3. The van der Waals surface area contributed by atoms with Gasteiger partial charge >= 0.3 is 0 Å². The second-order valence-electron chi connectivity index (χ2n) is 5.28. The molecule has 0 saturated carbocycles. The summed E-state index contributed by atoms with van der Waals surface area (Å²) < 4.78 is 0. The van der Waals surface area contributed by atoms with E-state index in [0.29, 0.717) is 12.5 Å². The molecule has 0 spiro atoms. The number of hydrogen-bond acceptors (Lipinski definition) is 3. The van der Waals surface area contributed by atoms with E-state index in [1.165, 1.54) is 12.8 Å². The minimum Gasteiger partial charge on any atom is -0.355 e. The molecule has 2 atom stereocenters. The zero-order valence-electron chi connectivity index (χ0n) is 12.2. The zero-order valence-corrected chi connectivity index (χ0v) is 12.2. The van der Waals surface area contributed by atoms with Gasteiger partial charge in [-0.1, -0.05) is 6.92 Å². The fraction of sp³-hybridized carbons (Fsp3) is 0.929. The van der Waals surface area contributed by atoms with Gasteiger partial charge in [-0.25, -0.2) is 0 Å². The Morgan fingerprint density at radius 3 is 2.83 bits per heavy atom. The lowest BCUT2D eigenvalue weighted by Crippen LogP contribution is -2.48. The summed E-state index contributed by atoms with van der Waals surface area (Å²) in [7, 11) is 0. The molecule has 0 aliphatic carbocycles. The Morgan fingerprint density at radius 1 is 1.50 bits per heavy atom. The number of likely N-dealkylation sites (N-methyl/N-ethyl adjacent to an activating group) is 1. The first-order chi connectivity index (χ1) is 8.69. The predicted octanol–water partition coefficient (Wildman–Crippen LogP) is 1.22. The van der Waals surface area contributed by atoms with E-state index in [2.05, 4.69) is 22.5 Å². The second-order valence-corrected chi connectivity index (χ2v) is 5.28. The van der Waals surface area contributed by atoms with Crippen molar-refractivity contribution in [2.24, 2.45) is 5.92 Å². The SMILES string of the molecule is CCCN(CC1CCCNC1)C(C)C(=O)NCC. The third-order valence-corrected chi connectivity index (χ3v) is 3.68. The molecule has 0 bridgehead atoms. The van der Waals surface area contributed by atoms with Crippen LogP contribution in [-0.2, 0) is 4.79 Å². The van der Waals surface area contributed by atoms with Crippen LogP contribution < -0.4 is 10.6 Å². The maximum Gasteiger partial charge on any atom is 0.237 e. The van der Waals surface area contributed by atoms with E-state index in [4.69, 9.17) is 0 Å². The average molecular weight is 255 g/mol. The Hall–Kier alpha value is -0.610. The van der Waals surface area contributed by atoms with Gasteiger partial charge in [-0.05, 0) is 58.7 Å². The zero-order chi connectivity index (χ0) is 13.4. The number of rotatable bonds is 7. The molecule has 0 aromatic heterocycles. The molecule has 0 radical (unpaired) electrons. The van der Waals surface area contributed by atoms with E-state index in [1.54, 1.807) is 0 Å². The van der Waals surface area contributed by atoms with Gasteiger partial charge in [0.1, 0.15) is 0 Å². The molecule has 4 nitrogen and oxygen atoms in total. The average Bonchev–Trinajstić information content (AvgIpc) is 2.39. The first-order valence-electron chi connectivity index (χ1n) is 7.41. The summed E-state index contributed by atoms with van der Waals surface area (Å²) in [5.74, 6) is 0.858. The molecule has 2 unspecified atom stereocenters. The van der Waals surface area contributed by atoms with Crippen molar-refractivity contribution in [3.8, 4) is 0 Å². The Labute approximate surface area is 111 Å². The van der Waals surface area contributed by atoms with Crippen molar-refractivity contribution in [3.63, 3.8) is 0 Å². The molecule has 4 heteroatoms. The Bertz CT molecular complexity index is 239. The number of nitrogens with one attached hydrogen (secondary N) is 2. The highest BCUT2D eigenvalue weighted by atomic mass is 16.2. The fourth-order valence-electron chi connectivity index (χ4n) is 2.63. The summed E-state index contributed by atoms with van der Waals surface area (Å²) in [5.41, 5.74) is 0. The molecule has 1 saturated heterocycles. The van der Waals surface area contributed by atoms with Crippen LogP contribution in [0.2, 0.25) is 0 Å². The van der Waals surface area contributed by atoms with Gasteiger partial charge in [0.05, 0.1) is 6.04 Å². The predicted molar refractivity (Wildman–Crippen MR) is 75.6 cm³/mol. The van der Waals surface area contributed by atoms with Crippen LogP contribution in [0.4, 0.5) is 0 Å². The Balaban J connectivity index is 2.48. The maximum atomic E-state index is 11.9. The van der Waals surface area contributed by atoms with Crippen LogP contribution in [0.15, 0.2) is 0 Å². The van der Waals surface area contributed by atoms with Crippen molar-refractivity contribution in [2.45, 2.75) is 46.1 Å². The van der Waals surface area contributed by atoms with Crippen LogP contribution in [0.1, 0.15) is 40.0 Å². The molecule has 106 valence electrons. The van der Waals surface area contributed by atoms with Gasteiger partial charge in [0.25, 0.3) is 0 Å². The molecule has 1 fully saturated rings. The molecule has 1 amide bonds. The maximum absolute atomic E-state index is 11.9. The number of piperidine rings is 1. The van der Waals surface area contributed by atoms with Crippen LogP contribution in [0.25, 0.3) is 0 Å². The van der Waals surface area contributed by atoms with Gasteiger partial charge in [0.15, 0.2) is 0 Å². The van der Waals surface area contributed by atoms with Crippen LogP contribution in [0, 0.1) is 5.92 Å². The smallest absolute Gasteiger partial charge is 0.237 e. The van der Waals surface area contributed by atoms with E-state index in [1.807, 2.05) is 13.8 Å². The molecule has 1 aliphatic rings. The lowest BCUT2D eigenvalue weighted by molar-refractivity contribution is -0.126. The topological polar surface area (TPSA) is 44.4 Å². The summed E-state index contributed by atoms with van der Waals surface area (Å²) in [6, 6.07) is -0.00757. The number of carbonyl (C=O) groups excluding carboxylic acids is 1. The number of nitrogens with zero attached hydrogens (tertiary/aromatic N) is 1. The van der Waals surface area contributed by atoms with E-state index in [9.17, 15) is 4.79 Å². The number of carbonyl (C=O) groups is 1. The van der Waals surface area contributed by atoms with Crippen molar-refractivity contribution < 1.29 is 4.79 Å². The largest absolute Gasteiger partial charge is 0.355 e. The summed E-state index contributed by atoms with van der Waals surface area (Å²) >= 11 is 0. The van der Waals surface area contributed by atoms with Crippen LogP contribution in [0.5, 0.6) is 0 Å². The van der Waals surface area contributed by atoms with Gasteiger partial charge in [0.2, 0.25) is 5.91 Å². The molecule has 18 heavy (non-hydrogen) atoms. The summed E-state index contributed by atoms with van der Waals surface area (Å²) in [5, 5.41) is 6.37. The van der Waals surface area contributed by atoms with Crippen LogP contribution in [0.3, 0.4) is 0 Å². The van der Waals surface area contributed by atoms with Crippen LogP contribution in [-0.4, -0.2) is 49.6 Å². The standard InChI is InChI=1S/C14H29N3O/c1-4-9-17(12(3)14(18)16-5-2)11-13-7-6-8-15-10-13/h12-13,15H,4-11H2,1-3H3,(H,16,18). The number of amides is 1. The van der Waals surface area contributed by atoms with E-state index in [-0.39, 0.29) is 11.9 Å². The Kier molecular flexibility index (Phi) is 7.28. The second kappa shape index (κ2) is 8.48. The highest BCUT2D eigenvalue weighted by Gasteiger charge is 2.23. The lowest BCUT2D eigenvalue weighted by atomic mass is 9.98. The molecule has 1 aliphatic heterocycles. The van der Waals surface area contributed by atoms with Crippen molar-refractivity contribution in [1.82, 2.24) is 15.5 Å². The first kappa shape index (κ1) is 15.4. The molecule has 0 aromatic carbocycles. The summed E-state index contributed by atoms with van der Waals surface area (Å²) in [6.45, 7) is 11.2. The van der Waals surface area contributed by atoms with Gasteiger partial charge in [-0.2, -0.15) is 0 Å². The number of hydrogen-bond donors (Lipinski definition) is 2. The van der Waals surface area contributed by atoms with Gasteiger partial charge in [-0.3, -0.25) is 9.69 Å². The molecule has 1 rings (SSSR count). The van der Waals surface area contributed by atoms with Gasteiger partial charge in [-0.15, -0.1) is 0 Å². The normalized spacial score (nSPS) is 21.9. The van der Waals surface area contributed by atoms with Crippen molar-refractivity contribution >= 4 is 5.91 Å². The highest BCUT2D eigenvalue weighted by molar-refractivity contribution is 5.81. The minimum absolute atomic E-state index is 0.00757. The fourth-order valence-corrected chi connectivity index (χ4v) is 2.63. The summed E-state index contributed by atoms with van der Waals surface area (Å²) in [6.07, 6.45) is 3.65. The van der Waals surface area contributed by atoms with Crippen molar-refractivity contribution in [1.29, 1.82) is 0 Å². The molecular formula is C14H29N3O. The third kappa shape index (κ3) is 4.94. The van der Waals surface area contributed by atoms with E-state index >= 15 is 0 Å². The highest BCUT2D eigenvalue weighted by Crippen LogP contribution is 2.14. The molecule has 1 heterocycles. The lowest BCUT2D eigenvalue weighted by Gasteiger charge is -2.33. The van der Waals surface area contributed by atoms with Crippen LogP contribution >= 0.6 is 0 Å². The Morgan fingerprint density at radius 2 is 2.28 bits per heavy atom. The van der Waals surface area contributed by atoms with Gasteiger partial charge < -0.3 is 10.6 Å². The molecular weight excluding hydrogens is 226 g/mol. The van der Waals surface area contributed by atoms with E-state index < -0.39 is 0 Å². The van der Waals surface area contributed by atoms with Gasteiger partial charge in [0, 0.05) is 13.1 Å². The minimum atomic E-state index is -0.00757. The first-order valence-corrected chi connectivity index (χ1v) is 7.41. The third-order valence-electron chi connectivity index (χ3n) is 3.68. The molecule has 0 aromatic rings. The van der Waals surface area contributed by atoms with E-state index in [0.717, 1.165) is 32.6 Å². The monoisotopic (exact) mass is 255 g/mol.